The van der Waals surface area contributed by atoms with E-state index in [2.05, 4.69) is 15.6 Å². The summed E-state index contributed by atoms with van der Waals surface area (Å²) in [5.41, 5.74) is 8.50. The quantitative estimate of drug-likeness (QED) is 0.344. The van der Waals surface area contributed by atoms with Crippen LogP contribution in [0, 0.1) is 13.8 Å². The van der Waals surface area contributed by atoms with Crippen LogP contribution in [0.1, 0.15) is 36.5 Å². The number of aliphatic carboxylic acids is 1. The Balaban J connectivity index is 1.56. The molecule has 3 aromatic rings. The Morgan fingerprint density at radius 3 is 2.40 bits per heavy atom. The van der Waals surface area contributed by atoms with Gasteiger partial charge in [-0.15, -0.1) is 0 Å². The Morgan fingerprint density at radius 2 is 1.74 bits per heavy atom. The number of phenolic OH excluding ortho intramolecular Hbond substituents is 1. The third-order valence-electron chi connectivity index (χ3n) is 6.14. The predicted octanol–water partition coefficient (Wildman–Crippen LogP) is 5.05. The maximum Gasteiger partial charge on any atom is 0.310 e. The number of phenols is 1. The van der Waals surface area contributed by atoms with Gasteiger partial charge in [0, 0.05) is 5.56 Å². The first-order valence-electron chi connectivity index (χ1n) is 11.1. The van der Waals surface area contributed by atoms with Crippen molar-refractivity contribution in [1.82, 2.24) is 0 Å². The number of nitrogens with zero attached hydrogens (tertiary/aromatic N) is 3. The van der Waals surface area contributed by atoms with Crippen LogP contribution >= 0.6 is 0 Å². The van der Waals surface area contributed by atoms with Crippen LogP contribution in [0.15, 0.2) is 70.9 Å². The zero-order valence-electron chi connectivity index (χ0n) is 19.9. The Morgan fingerprint density at radius 1 is 1.03 bits per heavy atom. The largest absolute Gasteiger partial charge is 0.505 e. The van der Waals surface area contributed by atoms with E-state index >= 15 is 0 Å². The van der Waals surface area contributed by atoms with Crippen molar-refractivity contribution in [3.63, 3.8) is 0 Å². The lowest BCUT2D eigenvalue weighted by atomic mass is 9.97. The molecule has 8 nitrogen and oxygen atoms in total. The van der Waals surface area contributed by atoms with Gasteiger partial charge in [-0.05, 0) is 68.1 Å². The molecule has 1 unspecified atom stereocenters. The highest BCUT2D eigenvalue weighted by Gasteiger charge is 2.31. The molecule has 4 rings (SSSR count). The van der Waals surface area contributed by atoms with Crippen molar-refractivity contribution >= 4 is 34.7 Å². The second kappa shape index (κ2) is 9.42. The van der Waals surface area contributed by atoms with E-state index in [4.69, 9.17) is 0 Å². The average Bonchev–Trinajstić information content (AvgIpc) is 3.13. The van der Waals surface area contributed by atoms with Gasteiger partial charge in [0.25, 0.3) is 0 Å². The normalized spacial score (nSPS) is 15.3. The molecular formula is C27H26N4O4. The maximum absolute atomic E-state index is 13.0. The first kappa shape index (κ1) is 23.7. The smallest absolute Gasteiger partial charge is 0.310 e. The highest BCUT2D eigenvalue weighted by Crippen LogP contribution is 2.36. The standard InChI is InChI=1S/C27H26N4O4/c1-15-8-13-21(14-16(15)2)31-26(33)24(18(4)30-31)29-28-23-7-5-6-22(25(23)32)20-11-9-19(10-12-20)17(3)27(34)35/h5-14,17,28,32H,1-4H3,(H,34,35)/b29-24-. The van der Waals surface area contributed by atoms with Gasteiger partial charge in [-0.1, -0.05) is 42.5 Å². The van der Waals surface area contributed by atoms with E-state index in [-0.39, 0.29) is 17.4 Å². The van der Waals surface area contributed by atoms with Crippen molar-refractivity contribution in [3.05, 3.63) is 77.4 Å². The molecule has 0 saturated carbocycles. The van der Waals surface area contributed by atoms with E-state index in [1.54, 1.807) is 56.3 Å². The minimum absolute atomic E-state index is 0.0399. The van der Waals surface area contributed by atoms with Crippen molar-refractivity contribution in [2.45, 2.75) is 33.6 Å². The van der Waals surface area contributed by atoms with Crippen molar-refractivity contribution < 1.29 is 19.8 Å². The fourth-order valence-electron chi connectivity index (χ4n) is 3.74. The molecule has 178 valence electrons. The van der Waals surface area contributed by atoms with Gasteiger partial charge in [-0.25, -0.2) is 0 Å². The SMILES string of the molecule is CC1=NN(c2ccc(C)c(C)c2)C(=O)/C1=N\Nc1cccc(-c2ccc(C(C)C(=O)O)cc2)c1O. The molecule has 1 atom stereocenters. The van der Waals surface area contributed by atoms with E-state index in [9.17, 15) is 19.8 Å². The highest BCUT2D eigenvalue weighted by atomic mass is 16.4. The highest BCUT2D eigenvalue weighted by molar-refractivity contribution is 6.71. The lowest BCUT2D eigenvalue weighted by Crippen LogP contribution is -2.28. The summed E-state index contributed by atoms with van der Waals surface area (Å²) in [6.45, 7) is 7.30. The minimum Gasteiger partial charge on any atom is -0.505 e. The number of hydrogen-bond donors (Lipinski definition) is 3. The number of anilines is 2. The molecule has 3 N–H and O–H groups in total. The summed E-state index contributed by atoms with van der Waals surface area (Å²) in [4.78, 5) is 24.2. The third-order valence-corrected chi connectivity index (χ3v) is 6.14. The van der Waals surface area contributed by atoms with Gasteiger partial charge in [0.05, 0.1) is 23.0 Å². The number of carbonyl (C=O) groups is 2. The predicted molar refractivity (Wildman–Crippen MR) is 137 cm³/mol. The number of aryl methyl sites for hydroxylation is 2. The first-order valence-corrected chi connectivity index (χ1v) is 11.1. The Labute approximate surface area is 203 Å². The molecule has 0 fully saturated rings. The van der Waals surface area contributed by atoms with Gasteiger partial charge in [0.15, 0.2) is 5.71 Å². The van der Waals surface area contributed by atoms with E-state index in [0.29, 0.717) is 28.2 Å². The second-order valence-corrected chi connectivity index (χ2v) is 8.53. The first-order chi connectivity index (χ1) is 16.7. The summed E-state index contributed by atoms with van der Waals surface area (Å²) < 4.78 is 0. The number of rotatable bonds is 6. The van der Waals surface area contributed by atoms with Gasteiger partial charge in [0.2, 0.25) is 0 Å². The topological polar surface area (TPSA) is 115 Å². The summed E-state index contributed by atoms with van der Waals surface area (Å²) in [7, 11) is 0. The van der Waals surface area contributed by atoms with Gasteiger partial charge < -0.3 is 10.2 Å². The molecule has 3 aromatic carbocycles. The lowest BCUT2D eigenvalue weighted by Gasteiger charge is -2.13. The number of amides is 1. The molecule has 0 bridgehead atoms. The zero-order chi connectivity index (χ0) is 25.3. The van der Waals surface area contributed by atoms with Crippen LogP contribution in [0.3, 0.4) is 0 Å². The Hall–Kier alpha value is -4.46. The molecule has 0 saturated heterocycles. The van der Waals surface area contributed by atoms with Crippen LogP contribution < -0.4 is 10.4 Å². The van der Waals surface area contributed by atoms with Crippen molar-refractivity contribution in [2.75, 3.05) is 10.4 Å². The number of hydrazone groups is 2. The molecule has 1 aliphatic rings. The minimum atomic E-state index is -0.901. The number of carboxylic acids is 1. The fourth-order valence-corrected chi connectivity index (χ4v) is 3.74. The molecule has 1 heterocycles. The number of aromatic hydroxyl groups is 1. The number of nitrogens with one attached hydrogen (secondary N) is 1. The average molecular weight is 471 g/mol. The van der Waals surface area contributed by atoms with Crippen molar-refractivity contribution in [3.8, 4) is 16.9 Å². The molecular weight excluding hydrogens is 444 g/mol. The van der Waals surface area contributed by atoms with Gasteiger partial charge in [0.1, 0.15) is 5.75 Å². The van der Waals surface area contributed by atoms with Crippen molar-refractivity contribution in [2.24, 2.45) is 10.2 Å². The molecule has 1 aliphatic heterocycles. The number of benzene rings is 3. The van der Waals surface area contributed by atoms with Gasteiger partial charge >= 0.3 is 11.9 Å². The molecule has 0 radical (unpaired) electrons. The zero-order valence-corrected chi connectivity index (χ0v) is 19.9. The number of carboxylic acid groups (broad SMARTS) is 1. The summed E-state index contributed by atoms with van der Waals surface area (Å²) >= 11 is 0. The number of carbonyl (C=O) groups excluding carboxylic acids is 1. The molecule has 8 heteroatoms. The van der Waals surface area contributed by atoms with Crippen LogP contribution in [-0.4, -0.2) is 33.5 Å². The Kier molecular flexibility index (Phi) is 6.38. The number of hydrogen-bond acceptors (Lipinski definition) is 6. The van der Waals surface area contributed by atoms with Crippen molar-refractivity contribution in [1.29, 1.82) is 0 Å². The van der Waals surface area contributed by atoms with E-state index in [1.165, 1.54) is 5.01 Å². The molecule has 35 heavy (non-hydrogen) atoms. The summed E-state index contributed by atoms with van der Waals surface area (Å²) in [6, 6.07) is 17.8. The van der Waals surface area contributed by atoms with E-state index in [1.807, 2.05) is 32.0 Å². The van der Waals surface area contributed by atoms with Crippen LogP contribution in [0.5, 0.6) is 5.75 Å². The van der Waals surface area contributed by atoms with Crippen LogP contribution in [0.4, 0.5) is 11.4 Å². The van der Waals surface area contributed by atoms with E-state index < -0.39 is 11.9 Å². The second-order valence-electron chi connectivity index (χ2n) is 8.53. The molecule has 1 amide bonds. The summed E-state index contributed by atoms with van der Waals surface area (Å²) in [5.74, 6) is -1.93. The number of para-hydroxylation sites is 1. The monoisotopic (exact) mass is 470 g/mol. The summed E-state index contributed by atoms with van der Waals surface area (Å²) in [6.07, 6.45) is 0. The van der Waals surface area contributed by atoms with Crippen LogP contribution in [0.2, 0.25) is 0 Å². The maximum atomic E-state index is 13.0. The Bertz CT molecular complexity index is 1380. The van der Waals surface area contributed by atoms with Crippen LogP contribution in [-0.2, 0) is 9.59 Å². The van der Waals surface area contributed by atoms with Crippen LogP contribution in [0.25, 0.3) is 11.1 Å². The fraction of sp³-hybridized carbons (Fsp3) is 0.185. The third kappa shape index (κ3) is 4.63. The van der Waals surface area contributed by atoms with Gasteiger partial charge in [-0.2, -0.15) is 15.2 Å². The van der Waals surface area contributed by atoms with Gasteiger partial charge in [-0.3, -0.25) is 15.0 Å². The summed E-state index contributed by atoms with van der Waals surface area (Å²) in [5, 5.41) is 30.0. The molecule has 0 spiro atoms. The van der Waals surface area contributed by atoms with E-state index in [0.717, 1.165) is 16.7 Å². The lowest BCUT2D eigenvalue weighted by molar-refractivity contribution is -0.138. The molecule has 0 aromatic heterocycles. The molecule has 0 aliphatic carbocycles.